The van der Waals surface area contributed by atoms with Crippen LogP contribution < -0.4 is 10.6 Å². The summed E-state index contributed by atoms with van der Waals surface area (Å²) in [7, 11) is 1.66. The third-order valence-electron chi connectivity index (χ3n) is 4.85. The molecule has 126 valence electrons. The second-order valence-corrected chi connectivity index (χ2v) is 6.73. The summed E-state index contributed by atoms with van der Waals surface area (Å²) in [6.07, 6.45) is 6.16. The Morgan fingerprint density at radius 3 is 2.33 bits per heavy atom. The molecule has 2 aromatic carbocycles. The van der Waals surface area contributed by atoms with Crippen molar-refractivity contribution < 1.29 is 4.79 Å². The SMILES string of the molecule is CNC(=O)c1ccc(Cc2ccc(NC3CCCC3)cc2)cc1C. The number of hydrogen-bond acceptors (Lipinski definition) is 2. The van der Waals surface area contributed by atoms with Crippen molar-refractivity contribution >= 4 is 11.6 Å². The summed E-state index contributed by atoms with van der Waals surface area (Å²) in [4.78, 5) is 11.8. The third-order valence-corrected chi connectivity index (χ3v) is 4.85. The molecule has 0 heterocycles. The molecular weight excluding hydrogens is 296 g/mol. The lowest BCUT2D eigenvalue weighted by atomic mass is 9.99. The lowest BCUT2D eigenvalue weighted by Gasteiger charge is -2.14. The molecule has 2 aromatic rings. The van der Waals surface area contributed by atoms with Gasteiger partial charge in [0.05, 0.1) is 0 Å². The van der Waals surface area contributed by atoms with Gasteiger partial charge in [-0.15, -0.1) is 0 Å². The molecule has 1 aliphatic rings. The molecule has 0 atom stereocenters. The van der Waals surface area contributed by atoms with E-state index in [-0.39, 0.29) is 5.91 Å². The number of anilines is 1. The highest BCUT2D eigenvalue weighted by Gasteiger charge is 2.14. The van der Waals surface area contributed by atoms with Crippen LogP contribution in [0.2, 0.25) is 0 Å². The first-order chi connectivity index (χ1) is 11.7. The molecule has 1 aliphatic carbocycles. The van der Waals surface area contributed by atoms with Crippen LogP contribution in [-0.4, -0.2) is 19.0 Å². The molecule has 3 nitrogen and oxygen atoms in total. The van der Waals surface area contributed by atoms with Crippen LogP contribution in [-0.2, 0) is 6.42 Å². The standard InChI is InChI=1S/C21H26N2O/c1-15-13-17(9-12-20(15)21(24)22-2)14-16-7-10-19(11-8-16)23-18-5-3-4-6-18/h7-13,18,23H,3-6,14H2,1-2H3,(H,22,24). The van der Waals surface area contributed by atoms with Gasteiger partial charge in [0.2, 0.25) is 0 Å². The number of aryl methyl sites for hydroxylation is 1. The molecule has 3 heteroatoms. The Labute approximate surface area is 144 Å². The van der Waals surface area contributed by atoms with Gasteiger partial charge in [0, 0.05) is 24.3 Å². The molecule has 0 aromatic heterocycles. The van der Waals surface area contributed by atoms with Crippen LogP contribution >= 0.6 is 0 Å². The smallest absolute Gasteiger partial charge is 0.251 e. The molecule has 0 radical (unpaired) electrons. The van der Waals surface area contributed by atoms with E-state index in [9.17, 15) is 4.79 Å². The topological polar surface area (TPSA) is 41.1 Å². The fraction of sp³-hybridized carbons (Fsp3) is 0.381. The van der Waals surface area contributed by atoms with Gasteiger partial charge in [-0.1, -0.05) is 37.1 Å². The van der Waals surface area contributed by atoms with Crippen molar-refractivity contribution in [2.75, 3.05) is 12.4 Å². The molecule has 24 heavy (non-hydrogen) atoms. The predicted octanol–water partition coefficient (Wildman–Crippen LogP) is 4.30. The molecule has 1 fully saturated rings. The quantitative estimate of drug-likeness (QED) is 0.861. The summed E-state index contributed by atoms with van der Waals surface area (Å²) in [5, 5.41) is 6.30. The molecule has 0 aliphatic heterocycles. The van der Waals surface area contributed by atoms with E-state index in [4.69, 9.17) is 0 Å². The van der Waals surface area contributed by atoms with Gasteiger partial charge in [-0.05, 0) is 61.1 Å². The minimum atomic E-state index is -0.0265. The van der Waals surface area contributed by atoms with Crippen molar-refractivity contribution in [3.63, 3.8) is 0 Å². The average molecular weight is 322 g/mol. The Kier molecular flexibility index (Phi) is 5.19. The Hall–Kier alpha value is -2.29. The van der Waals surface area contributed by atoms with E-state index in [0.29, 0.717) is 6.04 Å². The van der Waals surface area contributed by atoms with Gasteiger partial charge in [-0.3, -0.25) is 4.79 Å². The number of nitrogens with one attached hydrogen (secondary N) is 2. The van der Waals surface area contributed by atoms with Gasteiger partial charge < -0.3 is 10.6 Å². The summed E-state index contributed by atoms with van der Waals surface area (Å²) < 4.78 is 0. The van der Waals surface area contributed by atoms with Crippen molar-refractivity contribution in [3.05, 3.63) is 64.7 Å². The zero-order valence-corrected chi connectivity index (χ0v) is 14.6. The minimum Gasteiger partial charge on any atom is -0.382 e. The highest BCUT2D eigenvalue weighted by atomic mass is 16.1. The van der Waals surface area contributed by atoms with Gasteiger partial charge in [0.15, 0.2) is 0 Å². The second-order valence-electron chi connectivity index (χ2n) is 6.73. The zero-order chi connectivity index (χ0) is 16.9. The first-order valence-corrected chi connectivity index (χ1v) is 8.83. The van der Waals surface area contributed by atoms with E-state index >= 15 is 0 Å². The largest absolute Gasteiger partial charge is 0.382 e. The van der Waals surface area contributed by atoms with Crippen LogP contribution in [0, 0.1) is 6.92 Å². The molecule has 0 unspecified atom stereocenters. The fourth-order valence-corrected chi connectivity index (χ4v) is 3.49. The number of benzene rings is 2. The summed E-state index contributed by atoms with van der Waals surface area (Å²) in [6.45, 7) is 1.99. The van der Waals surface area contributed by atoms with Crippen LogP contribution in [0.4, 0.5) is 5.69 Å². The van der Waals surface area contributed by atoms with Gasteiger partial charge >= 0.3 is 0 Å². The van der Waals surface area contributed by atoms with Crippen LogP contribution in [0.3, 0.4) is 0 Å². The third kappa shape index (κ3) is 3.97. The summed E-state index contributed by atoms with van der Waals surface area (Å²) in [5.74, 6) is -0.0265. The number of rotatable bonds is 5. The summed E-state index contributed by atoms with van der Waals surface area (Å²) >= 11 is 0. The lowest BCUT2D eigenvalue weighted by molar-refractivity contribution is 0.0962. The van der Waals surface area contributed by atoms with Gasteiger partial charge in [0.25, 0.3) is 5.91 Å². The van der Waals surface area contributed by atoms with Crippen molar-refractivity contribution in [1.82, 2.24) is 5.32 Å². The van der Waals surface area contributed by atoms with Crippen molar-refractivity contribution in [2.45, 2.75) is 45.1 Å². The van der Waals surface area contributed by atoms with Gasteiger partial charge in [0.1, 0.15) is 0 Å². The number of amides is 1. The Morgan fingerprint density at radius 2 is 1.71 bits per heavy atom. The Balaban J connectivity index is 1.65. The van der Waals surface area contributed by atoms with Gasteiger partial charge in [-0.2, -0.15) is 0 Å². The number of hydrogen-bond donors (Lipinski definition) is 2. The van der Waals surface area contributed by atoms with E-state index in [1.54, 1.807) is 7.05 Å². The predicted molar refractivity (Wildman–Crippen MR) is 99.7 cm³/mol. The molecular formula is C21H26N2O. The summed E-state index contributed by atoms with van der Waals surface area (Å²) in [6, 6.07) is 15.5. The van der Waals surface area contributed by atoms with Crippen molar-refractivity contribution in [1.29, 1.82) is 0 Å². The number of carbonyl (C=O) groups is 1. The molecule has 0 spiro atoms. The van der Waals surface area contributed by atoms with E-state index in [1.807, 2.05) is 19.1 Å². The van der Waals surface area contributed by atoms with Crippen molar-refractivity contribution in [3.8, 4) is 0 Å². The molecule has 3 rings (SSSR count). The maximum Gasteiger partial charge on any atom is 0.251 e. The normalized spacial score (nSPS) is 14.6. The maximum absolute atomic E-state index is 11.8. The van der Waals surface area contributed by atoms with E-state index < -0.39 is 0 Å². The fourth-order valence-electron chi connectivity index (χ4n) is 3.49. The average Bonchev–Trinajstić information content (AvgIpc) is 3.09. The lowest BCUT2D eigenvalue weighted by Crippen LogP contribution is -2.18. The first kappa shape index (κ1) is 16.6. The minimum absolute atomic E-state index is 0.0265. The van der Waals surface area contributed by atoms with Crippen LogP contribution in [0.25, 0.3) is 0 Å². The number of carbonyl (C=O) groups excluding carboxylic acids is 1. The Bertz CT molecular complexity index is 700. The second kappa shape index (κ2) is 7.52. The summed E-state index contributed by atoms with van der Waals surface area (Å²) in [5.41, 5.74) is 5.51. The molecule has 1 amide bonds. The highest BCUT2D eigenvalue weighted by molar-refractivity contribution is 5.95. The molecule has 0 bridgehead atoms. The highest BCUT2D eigenvalue weighted by Crippen LogP contribution is 2.23. The molecule has 0 saturated heterocycles. The van der Waals surface area contributed by atoms with Crippen LogP contribution in [0.15, 0.2) is 42.5 Å². The van der Waals surface area contributed by atoms with Gasteiger partial charge in [-0.25, -0.2) is 0 Å². The van der Waals surface area contributed by atoms with Crippen LogP contribution in [0.1, 0.15) is 52.7 Å². The molecule has 1 saturated carbocycles. The maximum atomic E-state index is 11.8. The van der Waals surface area contributed by atoms with Crippen LogP contribution in [0.5, 0.6) is 0 Å². The molecule has 2 N–H and O–H groups in total. The monoisotopic (exact) mass is 322 g/mol. The van der Waals surface area contributed by atoms with E-state index in [0.717, 1.165) is 17.5 Å². The zero-order valence-electron chi connectivity index (χ0n) is 14.6. The first-order valence-electron chi connectivity index (χ1n) is 8.83. The van der Waals surface area contributed by atoms with E-state index in [1.165, 1.54) is 42.5 Å². The Morgan fingerprint density at radius 1 is 1.04 bits per heavy atom. The van der Waals surface area contributed by atoms with Crippen molar-refractivity contribution in [2.24, 2.45) is 0 Å². The van der Waals surface area contributed by atoms with E-state index in [2.05, 4.69) is 41.0 Å².